The first kappa shape index (κ1) is 11.4. The fourth-order valence-corrected chi connectivity index (χ4v) is 1.98. The van der Waals surface area contributed by atoms with Gasteiger partial charge in [-0.25, -0.2) is 9.98 Å². The maximum atomic E-state index is 9.97. The highest BCUT2D eigenvalue weighted by Crippen LogP contribution is 2.25. The van der Waals surface area contributed by atoms with Gasteiger partial charge in [-0.2, -0.15) is 0 Å². The molecule has 0 aliphatic rings. The van der Waals surface area contributed by atoms with E-state index in [-0.39, 0.29) is 5.75 Å². The molecule has 0 bridgehead atoms. The van der Waals surface area contributed by atoms with Crippen LogP contribution in [0.3, 0.4) is 0 Å². The van der Waals surface area contributed by atoms with Crippen LogP contribution in [0.4, 0.5) is 5.82 Å². The highest BCUT2D eigenvalue weighted by Gasteiger charge is 2.04. The van der Waals surface area contributed by atoms with Crippen LogP contribution in [0.5, 0.6) is 5.75 Å². The molecule has 0 amide bonds. The summed E-state index contributed by atoms with van der Waals surface area (Å²) >= 11 is 0. The number of nitrogens with zero attached hydrogens (tertiary/aromatic N) is 2. The molecule has 3 heteroatoms. The van der Waals surface area contributed by atoms with Crippen LogP contribution in [-0.4, -0.2) is 16.3 Å². The van der Waals surface area contributed by atoms with Gasteiger partial charge in [-0.1, -0.05) is 36.4 Å². The molecule has 0 atom stereocenters. The first-order chi connectivity index (χ1) is 9.34. The summed E-state index contributed by atoms with van der Waals surface area (Å²) in [7, 11) is 0. The van der Waals surface area contributed by atoms with E-state index in [2.05, 4.69) is 9.98 Å². The molecule has 3 nitrogen and oxygen atoms in total. The second-order valence-corrected chi connectivity index (χ2v) is 4.17. The van der Waals surface area contributed by atoms with E-state index < -0.39 is 0 Å². The molecular formula is C16H12N2O. The molecule has 1 aromatic heterocycles. The molecule has 1 N–H and O–H groups in total. The summed E-state index contributed by atoms with van der Waals surface area (Å²) in [5.74, 6) is 0.841. The molecular weight excluding hydrogens is 236 g/mol. The van der Waals surface area contributed by atoms with E-state index in [1.807, 2.05) is 48.5 Å². The Kier molecular flexibility index (Phi) is 2.94. The van der Waals surface area contributed by atoms with Gasteiger partial charge in [-0.15, -0.1) is 0 Å². The van der Waals surface area contributed by atoms with Crippen molar-refractivity contribution in [2.45, 2.75) is 0 Å². The van der Waals surface area contributed by atoms with Gasteiger partial charge in [-0.05, 0) is 29.0 Å². The molecule has 92 valence electrons. The molecule has 0 saturated carbocycles. The number of hydrogen-bond acceptors (Lipinski definition) is 3. The van der Waals surface area contributed by atoms with Crippen molar-refractivity contribution in [2.75, 3.05) is 0 Å². The van der Waals surface area contributed by atoms with Crippen LogP contribution in [0.1, 0.15) is 5.56 Å². The van der Waals surface area contributed by atoms with Crippen molar-refractivity contribution in [2.24, 2.45) is 4.99 Å². The van der Waals surface area contributed by atoms with Crippen LogP contribution >= 0.6 is 0 Å². The average molecular weight is 248 g/mol. The number of fused-ring (bicyclic) bond motifs is 1. The molecule has 0 radical (unpaired) electrons. The van der Waals surface area contributed by atoms with Crippen LogP contribution in [0, 0.1) is 0 Å². The van der Waals surface area contributed by atoms with E-state index in [4.69, 9.17) is 0 Å². The Morgan fingerprint density at radius 3 is 2.63 bits per heavy atom. The van der Waals surface area contributed by atoms with Gasteiger partial charge in [0.1, 0.15) is 5.75 Å². The zero-order valence-electron chi connectivity index (χ0n) is 10.2. The van der Waals surface area contributed by atoms with Crippen LogP contribution in [0.15, 0.2) is 65.8 Å². The maximum Gasteiger partial charge on any atom is 0.151 e. The van der Waals surface area contributed by atoms with Crippen molar-refractivity contribution in [3.8, 4) is 5.75 Å². The summed E-state index contributed by atoms with van der Waals surface area (Å²) in [6.07, 6.45) is 3.34. The Morgan fingerprint density at radius 1 is 0.947 bits per heavy atom. The van der Waals surface area contributed by atoms with E-state index in [0.29, 0.717) is 11.4 Å². The predicted octanol–water partition coefficient (Wildman–Crippen LogP) is 3.69. The number of phenolic OH excluding ortho intramolecular Hbond substituents is 1. The number of benzene rings is 2. The Balaban J connectivity index is 2.10. The summed E-state index contributed by atoms with van der Waals surface area (Å²) in [4.78, 5) is 8.42. The number of rotatable bonds is 2. The van der Waals surface area contributed by atoms with Gasteiger partial charge in [-0.3, -0.25) is 0 Å². The molecule has 0 saturated heterocycles. The number of aliphatic imine (C=N–C) groups is 1. The van der Waals surface area contributed by atoms with E-state index in [9.17, 15) is 5.11 Å². The third-order valence-electron chi connectivity index (χ3n) is 2.92. The van der Waals surface area contributed by atoms with Gasteiger partial charge >= 0.3 is 0 Å². The lowest BCUT2D eigenvalue weighted by Gasteiger charge is -2.04. The Bertz CT molecular complexity index is 736. The van der Waals surface area contributed by atoms with Crippen molar-refractivity contribution >= 4 is 22.8 Å². The molecule has 0 aliphatic heterocycles. The summed E-state index contributed by atoms with van der Waals surface area (Å²) in [6.45, 7) is 0. The number of phenols is 1. The molecule has 3 aromatic rings. The SMILES string of the molecule is Oc1ccc2ccccc2c1C=Nc1ccccn1. The zero-order valence-corrected chi connectivity index (χ0v) is 10.2. The summed E-state index contributed by atoms with van der Waals surface area (Å²) in [5, 5.41) is 12.0. The second kappa shape index (κ2) is 4.90. The first-order valence-corrected chi connectivity index (χ1v) is 6.00. The summed E-state index contributed by atoms with van der Waals surface area (Å²) in [5.41, 5.74) is 0.712. The quantitative estimate of drug-likeness (QED) is 0.703. The Hall–Kier alpha value is -2.68. The van der Waals surface area contributed by atoms with Crippen molar-refractivity contribution in [3.05, 3.63) is 66.4 Å². The van der Waals surface area contributed by atoms with E-state index >= 15 is 0 Å². The monoisotopic (exact) mass is 248 g/mol. The Labute approximate surface area is 110 Å². The maximum absolute atomic E-state index is 9.97. The van der Waals surface area contributed by atoms with Crippen LogP contribution in [-0.2, 0) is 0 Å². The van der Waals surface area contributed by atoms with E-state index in [0.717, 1.165) is 10.8 Å². The van der Waals surface area contributed by atoms with Crippen LogP contribution in [0.2, 0.25) is 0 Å². The van der Waals surface area contributed by atoms with Gasteiger partial charge in [0.05, 0.1) is 0 Å². The first-order valence-electron chi connectivity index (χ1n) is 6.00. The predicted molar refractivity (Wildman–Crippen MR) is 77.1 cm³/mol. The molecule has 0 fully saturated rings. The van der Waals surface area contributed by atoms with Gasteiger partial charge in [0.25, 0.3) is 0 Å². The minimum atomic E-state index is 0.221. The van der Waals surface area contributed by atoms with E-state index in [1.54, 1.807) is 18.5 Å². The minimum Gasteiger partial charge on any atom is -0.507 e. The third-order valence-corrected chi connectivity index (χ3v) is 2.92. The van der Waals surface area contributed by atoms with Gasteiger partial charge in [0.15, 0.2) is 5.82 Å². The number of hydrogen-bond donors (Lipinski definition) is 1. The fraction of sp³-hybridized carbons (Fsp3) is 0. The average Bonchev–Trinajstić information content (AvgIpc) is 2.47. The minimum absolute atomic E-state index is 0.221. The van der Waals surface area contributed by atoms with Gasteiger partial charge in [0.2, 0.25) is 0 Å². The smallest absolute Gasteiger partial charge is 0.151 e. The standard InChI is InChI=1S/C16H12N2O/c19-15-9-8-12-5-1-2-6-13(12)14(15)11-18-16-7-3-4-10-17-16/h1-11,19H. The topological polar surface area (TPSA) is 45.5 Å². The molecule has 0 aliphatic carbocycles. The van der Waals surface area contributed by atoms with Crippen LogP contribution < -0.4 is 0 Å². The number of aromatic nitrogens is 1. The Morgan fingerprint density at radius 2 is 1.79 bits per heavy atom. The van der Waals surface area contributed by atoms with Crippen molar-refractivity contribution < 1.29 is 5.11 Å². The normalized spacial score (nSPS) is 11.2. The largest absolute Gasteiger partial charge is 0.507 e. The van der Waals surface area contributed by atoms with Gasteiger partial charge < -0.3 is 5.11 Å². The summed E-state index contributed by atoms with van der Waals surface area (Å²) < 4.78 is 0. The second-order valence-electron chi connectivity index (χ2n) is 4.17. The fourth-order valence-electron chi connectivity index (χ4n) is 1.98. The lowest BCUT2D eigenvalue weighted by molar-refractivity contribution is 0.475. The molecule has 2 aromatic carbocycles. The number of aromatic hydroxyl groups is 1. The van der Waals surface area contributed by atoms with Crippen LogP contribution in [0.25, 0.3) is 10.8 Å². The molecule has 0 unspecified atom stereocenters. The molecule has 1 heterocycles. The van der Waals surface area contributed by atoms with Crippen molar-refractivity contribution in [1.29, 1.82) is 0 Å². The highest BCUT2D eigenvalue weighted by atomic mass is 16.3. The lowest BCUT2D eigenvalue weighted by atomic mass is 10.0. The third kappa shape index (κ3) is 2.31. The van der Waals surface area contributed by atoms with E-state index in [1.165, 1.54) is 0 Å². The molecule has 3 rings (SSSR count). The highest BCUT2D eigenvalue weighted by molar-refractivity contribution is 6.02. The summed E-state index contributed by atoms with van der Waals surface area (Å²) in [6, 6.07) is 17.0. The number of pyridine rings is 1. The van der Waals surface area contributed by atoms with Gasteiger partial charge in [0, 0.05) is 18.0 Å². The lowest BCUT2D eigenvalue weighted by Crippen LogP contribution is -1.86. The van der Waals surface area contributed by atoms with Crippen molar-refractivity contribution in [3.63, 3.8) is 0 Å². The molecule has 19 heavy (non-hydrogen) atoms. The van der Waals surface area contributed by atoms with Crippen molar-refractivity contribution in [1.82, 2.24) is 4.98 Å². The zero-order chi connectivity index (χ0) is 13.1. The molecule has 0 spiro atoms.